The minimum atomic E-state index is 0. The molecule has 2 unspecified atom stereocenters. The molecule has 2 atom stereocenters. The Balaban J connectivity index is 0.00000162. The summed E-state index contributed by atoms with van der Waals surface area (Å²) in [7, 11) is 0. The Morgan fingerprint density at radius 3 is 2.83 bits per heavy atom. The van der Waals surface area contributed by atoms with Crippen LogP contribution in [-0.4, -0.2) is 24.0 Å². The Morgan fingerprint density at radius 1 is 1.56 bits per heavy atom. The maximum Gasteiger partial charge on any atom is 0.0417 e. The Labute approximate surface area is 128 Å². The van der Waals surface area contributed by atoms with Crippen molar-refractivity contribution in [3.05, 3.63) is 33.3 Å². The maximum atomic E-state index is 5.95. The van der Waals surface area contributed by atoms with Gasteiger partial charge in [-0.3, -0.25) is 4.90 Å². The van der Waals surface area contributed by atoms with Gasteiger partial charge in [-0.25, -0.2) is 0 Å². The van der Waals surface area contributed by atoms with Crippen molar-refractivity contribution in [1.82, 2.24) is 4.90 Å². The molecule has 0 amide bonds. The standard InChI is InChI=1S/C13H18BrClN2.ClH/c1-9(16)10-4-5-17(7-10)8-11-2-3-12(15)6-13(11)14;/h2-3,6,9-10H,4-5,7-8,16H2,1H3;1H. The van der Waals surface area contributed by atoms with Gasteiger partial charge in [-0.05, 0) is 43.5 Å². The minimum Gasteiger partial charge on any atom is -0.328 e. The van der Waals surface area contributed by atoms with Gasteiger partial charge in [0.1, 0.15) is 0 Å². The van der Waals surface area contributed by atoms with E-state index in [0.29, 0.717) is 12.0 Å². The summed E-state index contributed by atoms with van der Waals surface area (Å²) < 4.78 is 1.09. The zero-order valence-corrected chi connectivity index (χ0v) is 13.6. The van der Waals surface area contributed by atoms with E-state index in [4.69, 9.17) is 17.3 Å². The van der Waals surface area contributed by atoms with Crippen LogP contribution in [0.25, 0.3) is 0 Å². The van der Waals surface area contributed by atoms with E-state index >= 15 is 0 Å². The lowest BCUT2D eigenvalue weighted by Gasteiger charge is -2.18. The van der Waals surface area contributed by atoms with E-state index in [2.05, 4.69) is 33.8 Å². The molecule has 0 aromatic heterocycles. The molecule has 18 heavy (non-hydrogen) atoms. The van der Waals surface area contributed by atoms with Crippen LogP contribution in [0.1, 0.15) is 18.9 Å². The number of benzene rings is 1. The van der Waals surface area contributed by atoms with Crippen LogP contribution in [-0.2, 0) is 6.54 Å². The first-order chi connectivity index (χ1) is 8.06. The van der Waals surface area contributed by atoms with Crippen LogP contribution in [0.2, 0.25) is 5.02 Å². The van der Waals surface area contributed by atoms with E-state index in [0.717, 1.165) is 29.1 Å². The molecule has 2 nitrogen and oxygen atoms in total. The van der Waals surface area contributed by atoms with Crippen LogP contribution in [0.5, 0.6) is 0 Å². The average molecular weight is 354 g/mol. The van der Waals surface area contributed by atoms with Gasteiger partial charge in [0, 0.05) is 28.6 Å². The van der Waals surface area contributed by atoms with Gasteiger partial charge in [-0.1, -0.05) is 33.6 Å². The molecule has 1 aromatic carbocycles. The van der Waals surface area contributed by atoms with E-state index in [1.54, 1.807) is 0 Å². The monoisotopic (exact) mass is 352 g/mol. The van der Waals surface area contributed by atoms with Crippen molar-refractivity contribution in [1.29, 1.82) is 0 Å². The van der Waals surface area contributed by atoms with Gasteiger partial charge in [0.2, 0.25) is 0 Å². The van der Waals surface area contributed by atoms with Crippen LogP contribution in [0.4, 0.5) is 0 Å². The number of rotatable bonds is 3. The highest BCUT2D eigenvalue weighted by atomic mass is 79.9. The summed E-state index contributed by atoms with van der Waals surface area (Å²) in [6, 6.07) is 6.29. The summed E-state index contributed by atoms with van der Waals surface area (Å²) in [5, 5.41) is 0.774. The number of halogens is 3. The van der Waals surface area contributed by atoms with Gasteiger partial charge in [-0.2, -0.15) is 0 Å². The van der Waals surface area contributed by atoms with Crippen LogP contribution < -0.4 is 5.73 Å². The fraction of sp³-hybridized carbons (Fsp3) is 0.538. The van der Waals surface area contributed by atoms with E-state index in [-0.39, 0.29) is 12.4 Å². The molecule has 1 aliphatic rings. The van der Waals surface area contributed by atoms with Crippen LogP contribution in [0.15, 0.2) is 22.7 Å². The zero-order valence-electron chi connectivity index (χ0n) is 10.4. The summed E-state index contributed by atoms with van der Waals surface area (Å²) in [6.07, 6.45) is 1.21. The predicted octanol–water partition coefficient (Wildman–Crippen LogP) is 3.69. The fourth-order valence-electron chi connectivity index (χ4n) is 2.33. The largest absolute Gasteiger partial charge is 0.328 e. The number of nitrogens with zero attached hydrogens (tertiary/aromatic N) is 1. The highest BCUT2D eigenvalue weighted by Gasteiger charge is 2.25. The van der Waals surface area contributed by atoms with Gasteiger partial charge < -0.3 is 5.73 Å². The molecule has 1 heterocycles. The minimum absolute atomic E-state index is 0. The van der Waals surface area contributed by atoms with Gasteiger partial charge in [-0.15, -0.1) is 12.4 Å². The third-order valence-electron chi connectivity index (χ3n) is 3.46. The predicted molar refractivity (Wildman–Crippen MR) is 83.4 cm³/mol. The SMILES string of the molecule is CC(N)C1CCN(Cc2ccc(Cl)cc2Br)C1.Cl. The van der Waals surface area contributed by atoms with E-state index in [9.17, 15) is 0 Å². The van der Waals surface area contributed by atoms with Crippen molar-refractivity contribution >= 4 is 39.9 Å². The second-order valence-electron chi connectivity index (χ2n) is 4.88. The molecule has 0 radical (unpaired) electrons. The molecule has 2 N–H and O–H groups in total. The Hall–Kier alpha value is 0.200. The molecule has 5 heteroatoms. The smallest absolute Gasteiger partial charge is 0.0417 e. The number of likely N-dealkylation sites (tertiary alicyclic amines) is 1. The molecule has 1 saturated heterocycles. The molecular weight excluding hydrogens is 335 g/mol. The van der Waals surface area contributed by atoms with Crippen molar-refractivity contribution in [3.63, 3.8) is 0 Å². The highest BCUT2D eigenvalue weighted by molar-refractivity contribution is 9.10. The molecule has 0 spiro atoms. The van der Waals surface area contributed by atoms with Crippen molar-refractivity contribution in [2.75, 3.05) is 13.1 Å². The molecule has 102 valence electrons. The average Bonchev–Trinajstić information content (AvgIpc) is 2.71. The third kappa shape index (κ3) is 4.10. The second kappa shape index (κ2) is 7.11. The molecule has 1 aromatic rings. The summed E-state index contributed by atoms with van der Waals surface area (Å²) >= 11 is 9.50. The molecule has 2 rings (SSSR count). The van der Waals surface area contributed by atoms with Gasteiger partial charge >= 0.3 is 0 Å². The first kappa shape index (κ1) is 16.3. The Bertz CT molecular complexity index is 399. The van der Waals surface area contributed by atoms with Crippen molar-refractivity contribution < 1.29 is 0 Å². The number of hydrogen-bond acceptors (Lipinski definition) is 2. The quantitative estimate of drug-likeness (QED) is 0.897. The second-order valence-corrected chi connectivity index (χ2v) is 6.17. The lowest BCUT2D eigenvalue weighted by atomic mass is 10.0. The van der Waals surface area contributed by atoms with Crippen molar-refractivity contribution in [2.24, 2.45) is 11.7 Å². The lowest BCUT2D eigenvalue weighted by molar-refractivity contribution is 0.308. The Kier molecular flexibility index (Phi) is 6.42. The summed E-state index contributed by atoms with van der Waals surface area (Å²) in [6.45, 7) is 5.32. The van der Waals surface area contributed by atoms with E-state index in [1.807, 2.05) is 12.1 Å². The zero-order chi connectivity index (χ0) is 12.4. The van der Waals surface area contributed by atoms with Gasteiger partial charge in [0.25, 0.3) is 0 Å². The Morgan fingerprint density at radius 2 is 2.28 bits per heavy atom. The molecule has 1 fully saturated rings. The van der Waals surface area contributed by atoms with Crippen LogP contribution >= 0.6 is 39.9 Å². The summed E-state index contributed by atoms with van der Waals surface area (Å²) in [4.78, 5) is 2.46. The fourth-order valence-corrected chi connectivity index (χ4v) is 3.13. The molecule has 0 aliphatic carbocycles. The van der Waals surface area contributed by atoms with Crippen LogP contribution in [0, 0.1) is 5.92 Å². The van der Waals surface area contributed by atoms with Gasteiger partial charge in [0.15, 0.2) is 0 Å². The summed E-state index contributed by atoms with van der Waals surface area (Å²) in [5.41, 5.74) is 7.24. The summed E-state index contributed by atoms with van der Waals surface area (Å²) in [5.74, 6) is 0.640. The van der Waals surface area contributed by atoms with E-state index < -0.39 is 0 Å². The van der Waals surface area contributed by atoms with Crippen molar-refractivity contribution in [2.45, 2.75) is 25.9 Å². The third-order valence-corrected chi connectivity index (χ3v) is 4.43. The van der Waals surface area contributed by atoms with Crippen molar-refractivity contribution in [3.8, 4) is 0 Å². The molecule has 1 aliphatic heterocycles. The first-order valence-electron chi connectivity index (χ1n) is 5.98. The number of hydrogen-bond donors (Lipinski definition) is 1. The lowest BCUT2D eigenvalue weighted by Crippen LogP contribution is -2.29. The van der Waals surface area contributed by atoms with Crippen LogP contribution in [0.3, 0.4) is 0 Å². The maximum absolute atomic E-state index is 5.95. The van der Waals surface area contributed by atoms with Gasteiger partial charge in [0.05, 0.1) is 0 Å². The molecular formula is C13H19BrCl2N2. The van der Waals surface area contributed by atoms with E-state index in [1.165, 1.54) is 12.0 Å². The molecule has 0 saturated carbocycles. The molecule has 0 bridgehead atoms. The normalized spacial score (nSPS) is 21.7. The first-order valence-corrected chi connectivity index (χ1v) is 7.15. The number of nitrogens with two attached hydrogens (primary N) is 1. The topological polar surface area (TPSA) is 29.3 Å². The highest BCUT2D eigenvalue weighted by Crippen LogP contribution is 2.26.